The van der Waals surface area contributed by atoms with Gasteiger partial charge in [-0.1, -0.05) is 61.3 Å². The fraction of sp³-hybridized carbons (Fsp3) is 0.316. The maximum atomic E-state index is 12.4. The summed E-state index contributed by atoms with van der Waals surface area (Å²) in [7, 11) is 0. The van der Waals surface area contributed by atoms with Gasteiger partial charge in [0, 0.05) is 5.56 Å². The quantitative estimate of drug-likeness (QED) is 0.700. The number of hydrogen-bond acceptors (Lipinski definition) is 5. The molecular weight excluding hydrogens is 334 g/mol. The summed E-state index contributed by atoms with van der Waals surface area (Å²) in [4.78, 5) is 17.6. The maximum absolute atomic E-state index is 12.4. The van der Waals surface area contributed by atoms with E-state index >= 15 is 0 Å². The summed E-state index contributed by atoms with van der Waals surface area (Å²) < 4.78 is 5.48. The molecule has 2 heterocycles. The van der Waals surface area contributed by atoms with E-state index in [4.69, 9.17) is 4.52 Å². The third-order valence-electron chi connectivity index (χ3n) is 4.26. The zero-order valence-electron chi connectivity index (χ0n) is 14.5. The lowest BCUT2D eigenvalue weighted by molar-refractivity contribution is 0.0914. The molecule has 1 N–H and O–H groups in total. The van der Waals surface area contributed by atoms with Crippen molar-refractivity contribution in [2.75, 3.05) is 0 Å². The molecule has 130 valence electrons. The summed E-state index contributed by atoms with van der Waals surface area (Å²) in [5.74, 6) is 1.04. The first-order valence-corrected chi connectivity index (χ1v) is 9.21. The summed E-state index contributed by atoms with van der Waals surface area (Å²) in [5, 5.41) is 9.01. The van der Waals surface area contributed by atoms with Gasteiger partial charge in [-0.3, -0.25) is 4.79 Å². The summed E-state index contributed by atoms with van der Waals surface area (Å²) in [6, 6.07) is 11.3. The normalized spacial score (nSPS) is 13.4. The number of rotatable bonds is 6. The fourth-order valence-corrected chi connectivity index (χ4v) is 3.11. The van der Waals surface area contributed by atoms with E-state index in [1.807, 2.05) is 42.6 Å². The molecule has 0 bridgehead atoms. The van der Waals surface area contributed by atoms with Gasteiger partial charge in [-0.2, -0.15) is 4.98 Å². The van der Waals surface area contributed by atoms with Gasteiger partial charge in [-0.25, -0.2) is 0 Å². The first kappa shape index (κ1) is 17.4. The fourth-order valence-electron chi connectivity index (χ4n) is 2.48. The standard InChI is InChI=1S/C19H21N3O2S/c1-4-13(3)16(20-18(23)15-6-5-11-25-15)19-21-17(22-24-19)14-9-7-12(2)8-10-14/h5-11,13,16H,4H2,1-3H3,(H,20,23)/t13-,16-/m0/s1. The first-order valence-electron chi connectivity index (χ1n) is 8.33. The molecule has 0 aliphatic carbocycles. The van der Waals surface area contributed by atoms with Crippen LogP contribution in [0.25, 0.3) is 11.4 Å². The molecule has 1 amide bonds. The summed E-state index contributed by atoms with van der Waals surface area (Å²) in [6.07, 6.45) is 0.887. The van der Waals surface area contributed by atoms with Gasteiger partial charge in [0.1, 0.15) is 6.04 Å². The third kappa shape index (κ3) is 3.96. The monoisotopic (exact) mass is 355 g/mol. The molecule has 0 fully saturated rings. The van der Waals surface area contributed by atoms with Crippen LogP contribution in [0, 0.1) is 12.8 Å². The molecule has 2 atom stereocenters. The highest BCUT2D eigenvalue weighted by atomic mass is 32.1. The largest absolute Gasteiger partial charge is 0.339 e. The second-order valence-electron chi connectivity index (χ2n) is 6.14. The van der Waals surface area contributed by atoms with Crippen LogP contribution in [-0.2, 0) is 0 Å². The average molecular weight is 355 g/mol. The van der Waals surface area contributed by atoms with Gasteiger partial charge in [0.25, 0.3) is 5.91 Å². The van der Waals surface area contributed by atoms with E-state index in [0.717, 1.165) is 12.0 Å². The Hall–Kier alpha value is -2.47. The van der Waals surface area contributed by atoms with Gasteiger partial charge < -0.3 is 9.84 Å². The van der Waals surface area contributed by atoms with Crippen LogP contribution in [0.2, 0.25) is 0 Å². The Morgan fingerprint density at radius 1 is 1.28 bits per heavy atom. The van der Waals surface area contributed by atoms with E-state index in [9.17, 15) is 4.79 Å². The lowest BCUT2D eigenvalue weighted by Crippen LogP contribution is -2.32. The van der Waals surface area contributed by atoms with Gasteiger partial charge in [0.2, 0.25) is 11.7 Å². The van der Waals surface area contributed by atoms with E-state index in [-0.39, 0.29) is 17.9 Å². The molecule has 0 spiro atoms. The van der Waals surface area contributed by atoms with Gasteiger partial charge in [0.05, 0.1) is 4.88 Å². The highest BCUT2D eigenvalue weighted by Gasteiger charge is 2.27. The summed E-state index contributed by atoms with van der Waals surface area (Å²) >= 11 is 1.41. The molecule has 0 aliphatic rings. The topological polar surface area (TPSA) is 68.0 Å². The Balaban J connectivity index is 1.84. The Morgan fingerprint density at radius 2 is 2.04 bits per heavy atom. The number of carbonyl (C=O) groups excluding carboxylic acids is 1. The first-order chi connectivity index (χ1) is 12.1. The van der Waals surface area contributed by atoms with Gasteiger partial charge in [-0.15, -0.1) is 11.3 Å². The molecule has 6 heteroatoms. The van der Waals surface area contributed by atoms with E-state index in [1.54, 1.807) is 6.07 Å². The van der Waals surface area contributed by atoms with E-state index < -0.39 is 0 Å². The molecule has 0 saturated carbocycles. The molecule has 25 heavy (non-hydrogen) atoms. The van der Waals surface area contributed by atoms with Crippen LogP contribution in [0.4, 0.5) is 0 Å². The highest BCUT2D eigenvalue weighted by molar-refractivity contribution is 7.12. The number of aryl methyl sites for hydroxylation is 1. The molecule has 2 aromatic heterocycles. The Morgan fingerprint density at radius 3 is 2.68 bits per heavy atom. The predicted molar refractivity (Wildman–Crippen MR) is 98.5 cm³/mol. The van der Waals surface area contributed by atoms with Crippen molar-refractivity contribution in [3.63, 3.8) is 0 Å². The van der Waals surface area contributed by atoms with Crippen molar-refractivity contribution in [3.05, 3.63) is 58.1 Å². The Kier molecular flexibility index (Phi) is 5.28. The number of aromatic nitrogens is 2. The van der Waals surface area contributed by atoms with Crippen LogP contribution in [-0.4, -0.2) is 16.0 Å². The van der Waals surface area contributed by atoms with Crippen LogP contribution >= 0.6 is 11.3 Å². The number of hydrogen-bond donors (Lipinski definition) is 1. The van der Waals surface area contributed by atoms with Gasteiger partial charge in [0.15, 0.2) is 0 Å². The second-order valence-corrected chi connectivity index (χ2v) is 7.08. The minimum Gasteiger partial charge on any atom is -0.339 e. The van der Waals surface area contributed by atoms with Crippen molar-refractivity contribution in [2.24, 2.45) is 5.92 Å². The molecule has 0 radical (unpaired) electrons. The molecule has 0 unspecified atom stereocenters. The molecule has 3 rings (SSSR count). The number of nitrogens with zero attached hydrogens (tertiary/aromatic N) is 2. The number of carbonyl (C=O) groups is 1. The number of benzene rings is 1. The minimum absolute atomic E-state index is 0.115. The van der Waals surface area contributed by atoms with Crippen molar-refractivity contribution >= 4 is 17.2 Å². The van der Waals surface area contributed by atoms with Crippen molar-refractivity contribution in [1.82, 2.24) is 15.5 Å². The number of nitrogens with one attached hydrogen (secondary N) is 1. The van der Waals surface area contributed by atoms with Crippen LogP contribution in [0.1, 0.15) is 47.4 Å². The average Bonchev–Trinajstić information content (AvgIpc) is 3.31. The van der Waals surface area contributed by atoms with Crippen molar-refractivity contribution in [1.29, 1.82) is 0 Å². The lowest BCUT2D eigenvalue weighted by atomic mass is 9.99. The van der Waals surface area contributed by atoms with Crippen LogP contribution < -0.4 is 5.32 Å². The van der Waals surface area contributed by atoms with Crippen molar-refractivity contribution < 1.29 is 9.32 Å². The number of amides is 1. The maximum Gasteiger partial charge on any atom is 0.262 e. The Bertz CT molecular complexity index is 825. The van der Waals surface area contributed by atoms with E-state index in [0.29, 0.717) is 16.6 Å². The van der Waals surface area contributed by atoms with Crippen LogP contribution in [0.5, 0.6) is 0 Å². The number of thiophene rings is 1. The predicted octanol–water partition coefficient (Wildman–Crippen LogP) is 4.62. The second kappa shape index (κ2) is 7.61. The SMILES string of the molecule is CC[C@H](C)[C@H](NC(=O)c1cccs1)c1nc(-c2ccc(C)cc2)no1. The Labute approximate surface area is 151 Å². The minimum atomic E-state index is -0.314. The third-order valence-corrected chi connectivity index (χ3v) is 5.13. The molecule has 0 saturated heterocycles. The molecule has 0 aliphatic heterocycles. The molecule has 3 aromatic rings. The molecule has 5 nitrogen and oxygen atoms in total. The highest BCUT2D eigenvalue weighted by Crippen LogP contribution is 2.26. The smallest absolute Gasteiger partial charge is 0.262 e. The van der Waals surface area contributed by atoms with Crippen molar-refractivity contribution in [2.45, 2.75) is 33.2 Å². The zero-order chi connectivity index (χ0) is 17.8. The van der Waals surface area contributed by atoms with Crippen LogP contribution in [0.15, 0.2) is 46.3 Å². The van der Waals surface area contributed by atoms with Crippen LogP contribution in [0.3, 0.4) is 0 Å². The van der Waals surface area contributed by atoms with E-state index in [1.165, 1.54) is 16.9 Å². The zero-order valence-corrected chi connectivity index (χ0v) is 15.3. The molecule has 1 aromatic carbocycles. The van der Waals surface area contributed by atoms with Gasteiger partial charge >= 0.3 is 0 Å². The van der Waals surface area contributed by atoms with Crippen molar-refractivity contribution in [3.8, 4) is 11.4 Å². The van der Waals surface area contributed by atoms with Gasteiger partial charge in [-0.05, 0) is 24.3 Å². The lowest BCUT2D eigenvalue weighted by Gasteiger charge is -2.20. The summed E-state index contributed by atoms with van der Waals surface area (Å²) in [5.41, 5.74) is 2.07. The van der Waals surface area contributed by atoms with E-state index in [2.05, 4.69) is 29.3 Å². The molecular formula is C19H21N3O2S. The summed E-state index contributed by atoms with van der Waals surface area (Å²) in [6.45, 7) is 6.17.